The van der Waals surface area contributed by atoms with Gasteiger partial charge in [-0.05, 0) is 24.1 Å². The number of aromatic nitrogens is 1. The second kappa shape index (κ2) is 6.52. The maximum Gasteiger partial charge on any atom is 0.263 e. The highest BCUT2D eigenvalue weighted by atomic mass is 32.2. The van der Waals surface area contributed by atoms with E-state index in [4.69, 9.17) is 0 Å². The number of thiazole rings is 1. The van der Waals surface area contributed by atoms with Crippen LogP contribution in [-0.2, 0) is 16.4 Å². The topological polar surface area (TPSA) is 59.1 Å². The fraction of sp³-hybridized carbons (Fsp3) is 0.118. The molecule has 23 heavy (non-hydrogen) atoms. The molecule has 0 aliphatic carbocycles. The summed E-state index contributed by atoms with van der Waals surface area (Å²) in [6.07, 6.45) is 0.986. The van der Waals surface area contributed by atoms with Crippen molar-refractivity contribution in [2.45, 2.75) is 18.2 Å². The van der Waals surface area contributed by atoms with E-state index in [9.17, 15) is 8.42 Å². The summed E-state index contributed by atoms with van der Waals surface area (Å²) in [5.41, 5.74) is 3.00. The van der Waals surface area contributed by atoms with Crippen molar-refractivity contribution in [3.63, 3.8) is 0 Å². The molecule has 0 atom stereocenters. The van der Waals surface area contributed by atoms with Gasteiger partial charge in [-0.15, -0.1) is 11.3 Å². The molecule has 0 saturated carbocycles. The molecule has 0 saturated heterocycles. The third kappa shape index (κ3) is 3.60. The van der Waals surface area contributed by atoms with Gasteiger partial charge >= 0.3 is 0 Å². The Labute approximate surface area is 139 Å². The molecule has 1 heterocycles. The quantitative estimate of drug-likeness (QED) is 0.755. The van der Waals surface area contributed by atoms with Crippen molar-refractivity contribution in [3.05, 3.63) is 65.5 Å². The zero-order valence-corrected chi connectivity index (χ0v) is 14.2. The average Bonchev–Trinajstić information content (AvgIpc) is 3.03. The van der Waals surface area contributed by atoms with E-state index in [-0.39, 0.29) is 4.90 Å². The number of aryl methyl sites for hydroxylation is 1. The van der Waals surface area contributed by atoms with Gasteiger partial charge in [0.15, 0.2) is 5.13 Å². The Hall–Kier alpha value is -2.18. The summed E-state index contributed by atoms with van der Waals surface area (Å²) < 4.78 is 27.1. The minimum Gasteiger partial charge on any atom is -0.255 e. The molecule has 118 valence electrons. The zero-order chi connectivity index (χ0) is 16.3. The van der Waals surface area contributed by atoms with Crippen LogP contribution in [0.4, 0.5) is 5.13 Å². The van der Waals surface area contributed by atoms with Crippen molar-refractivity contribution in [3.8, 4) is 11.3 Å². The second-order valence-electron chi connectivity index (χ2n) is 5.01. The van der Waals surface area contributed by atoms with Gasteiger partial charge in [0, 0.05) is 10.9 Å². The SMILES string of the molecule is CCc1ccc(-c2csc(NS(=O)(=O)c3ccccc3)n2)cc1. The molecular formula is C17H16N2O2S2. The molecule has 1 aromatic heterocycles. The molecule has 0 spiro atoms. The van der Waals surface area contributed by atoms with Crippen LogP contribution in [-0.4, -0.2) is 13.4 Å². The highest BCUT2D eigenvalue weighted by Gasteiger charge is 2.15. The van der Waals surface area contributed by atoms with Crippen LogP contribution in [0.2, 0.25) is 0 Å². The monoisotopic (exact) mass is 344 g/mol. The van der Waals surface area contributed by atoms with Crippen molar-refractivity contribution in [1.29, 1.82) is 0 Å². The first-order valence-corrected chi connectivity index (χ1v) is 9.57. The standard InChI is InChI=1S/C17H16N2O2S2/c1-2-13-8-10-14(11-9-13)16-12-22-17(18-16)19-23(20,21)15-6-4-3-5-7-15/h3-12H,2H2,1H3,(H,18,19). The maximum atomic E-state index is 12.3. The van der Waals surface area contributed by atoms with Gasteiger partial charge in [0.25, 0.3) is 10.0 Å². The molecule has 3 aromatic rings. The number of sulfonamides is 1. The lowest BCUT2D eigenvalue weighted by molar-refractivity contribution is 0.601. The third-order valence-electron chi connectivity index (χ3n) is 3.44. The van der Waals surface area contributed by atoms with Crippen molar-refractivity contribution < 1.29 is 8.42 Å². The minimum atomic E-state index is -3.59. The maximum absolute atomic E-state index is 12.3. The smallest absolute Gasteiger partial charge is 0.255 e. The lowest BCUT2D eigenvalue weighted by Gasteiger charge is -2.04. The van der Waals surface area contributed by atoms with E-state index >= 15 is 0 Å². The van der Waals surface area contributed by atoms with Gasteiger partial charge in [-0.1, -0.05) is 49.4 Å². The highest BCUT2D eigenvalue weighted by molar-refractivity contribution is 7.93. The number of rotatable bonds is 5. The summed E-state index contributed by atoms with van der Waals surface area (Å²) >= 11 is 1.27. The van der Waals surface area contributed by atoms with E-state index in [1.807, 2.05) is 17.5 Å². The normalized spacial score (nSPS) is 11.3. The van der Waals surface area contributed by atoms with E-state index in [2.05, 4.69) is 28.8 Å². The number of nitrogens with zero attached hydrogens (tertiary/aromatic N) is 1. The number of hydrogen-bond acceptors (Lipinski definition) is 4. The number of benzene rings is 2. The number of hydrogen-bond donors (Lipinski definition) is 1. The molecule has 0 aliphatic heterocycles. The van der Waals surface area contributed by atoms with Gasteiger partial charge < -0.3 is 0 Å². The largest absolute Gasteiger partial charge is 0.263 e. The van der Waals surface area contributed by atoms with Crippen LogP contribution in [0.15, 0.2) is 64.9 Å². The van der Waals surface area contributed by atoms with Crippen LogP contribution in [0, 0.1) is 0 Å². The molecule has 0 unspecified atom stereocenters. The first-order valence-electron chi connectivity index (χ1n) is 7.21. The number of anilines is 1. The molecule has 3 rings (SSSR count). The van der Waals surface area contributed by atoms with Gasteiger partial charge in [0.2, 0.25) is 0 Å². The minimum absolute atomic E-state index is 0.226. The van der Waals surface area contributed by atoms with Gasteiger partial charge in [-0.25, -0.2) is 13.4 Å². The van der Waals surface area contributed by atoms with Crippen LogP contribution in [0.3, 0.4) is 0 Å². The number of nitrogens with one attached hydrogen (secondary N) is 1. The predicted octanol–water partition coefficient (Wildman–Crippen LogP) is 4.17. The van der Waals surface area contributed by atoms with E-state index in [0.29, 0.717) is 5.13 Å². The van der Waals surface area contributed by atoms with Crippen LogP contribution < -0.4 is 4.72 Å². The Balaban J connectivity index is 1.82. The fourth-order valence-electron chi connectivity index (χ4n) is 2.14. The Morgan fingerprint density at radius 3 is 2.39 bits per heavy atom. The Kier molecular flexibility index (Phi) is 4.45. The molecule has 2 aromatic carbocycles. The van der Waals surface area contributed by atoms with E-state index in [1.54, 1.807) is 30.3 Å². The van der Waals surface area contributed by atoms with Gasteiger partial charge in [-0.3, -0.25) is 4.72 Å². The summed E-state index contributed by atoms with van der Waals surface area (Å²) in [5.74, 6) is 0. The molecular weight excluding hydrogens is 328 g/mol. The van der Waals surface area contributed by atoms with E-state index in [1.165, 1.54) is 16.9 Å². The van der Waals surface area contributed by atoms with Crippen LogP contribution >= 0.6 is 11.3 Å². The van der Waals surface area contributed by atoms with Crippen molar-refractivity contribution in [2.75, 3.05) is 4.72 Å². The van der Waals surface area contributed by atoms with Crippen molar-refractivity contribution in [1.82, 2.24) is 4.98 Å². The van der Waals surface area contributed by atoms with Crippen molar-refractivity contribution >= 4 is 26.5 Å². The highest BCUT2D eigenvalue weighted by Crippen LogP contribution is 2.26. The lowest BCUT2D eigenvalue weighted by Crippen LogP contribution is -2.12. The molecule has 6 heteroatoms. The predicted molar refractivity (Wildman–Crippen MR) is 94.2 cm³/mol. The first-order chi connectivity index (χ1) is 11.1. The van der Waals surface area contributed by atoms with Gasteiger partial charge in [0.05, 0.1) is 10.6 Å². The van der Waals surface area contributed by atoms with Crippen LogP contribution in [0.1, 0.15) is 12.5 Å². The Morgan fingerprint density at radius 1 is 1.04 bits per heavy atom. The summed E-state index contributed by atoms with van der Waals surface area (Å²) in [6, 6.07) is 16.4. The van der Waals surface area contributed by atoms with Crippen LogP contribution in [0.5, 0.6) is 0 Å². The molecule has 0 aliphatic rings. The summed E-state index contributed by atoms with van der Waals surface area (Å²) in [5, 5.41) is 2.22. The molecule has 1 N–H and O–H groups in total. The molecule has 4 nitrogen and oxygen atoms in total. The summed E-state index contributed by atoms with van der Waals surface area (Å²) in [4.78, 5) is 4.60. The Morgan fingerprint density at radius 2 is 1.74 bits per heavy atom. The average molecular weight is 344 g/mol. The van der Waals surface area contributed by atoms with E-state index in [0.717, 1.165) is 17.7 Å². The first kappa shape index (κ1) is 15.7. The van der Waals surface area contributed by atoms with Crippen LogP contribution in [0.25, 0.3) is 11.3 Å². The summed E-state index contributed by atoms with van der Waals surface area (Å²) in [6.45, 7) is 2.11. The zero-order valence-electron chi connectivity index (χ0n) is 12.6. The van der Waals surface area contributed by atoms with Crippen molar-refractivity contribution in [2.24, 2.45) is 0 Å². The summed E-state index contributed by atoms with van der Waals surface area (Å²) in [7, 11) is -3.59. The third-order valence-corrected chi connectivity index (χ3v) is 5.68. The molecule has 0 bridgehead atoms. The Bertz CT molecular complexity index is 886. The molecule has 0 amide bonds. The second-order valence-corrected chi connectivity index (χ2v) is 7.55. The lowest BCUT2D eigenvalue weighted by atomic mass is 10.1. The van der Waals surface area contributed by atoms with E-state index < -0.39 is 10.0 Å². The van der Waals surface area contributed by atoms with Gasteiger partial charge in [0.1, 0.15) is 0 Å². The molecule has 0 radical (unpaired) electrons. The van der Waals surface area contributed by atoms with Gasteiger partial charge in [-0.2, -0.15) is 0 Å². The fourth-order valence-corrected chi connectivity index (χ4v) is 4.13. The molecule has 0 fully saturated rings.